The lowest BCUT2D eigenvalue weighted by molar-refractivity contribution is 0.0521. The lowest BCUT2D eigenvalue weighted by Crippen LogP contribution is -2.19. The van der Waals surface area contributed by atoms with E-state index in [1.54, 1.807) is 32.2 Å². The van der Waals surface area contributed by atoms with Crippen molar-refractivity contribution in [2.75, 3.05) is 18.0 Å². The first-order valence-corrected chi connectivity index (χ1v) is 12.7. The second-order valence-corrected chi connectivity index (χ2v) is 10.2. The predicted octanol–water partition coefficient (Wildman–Crippen LogP) is 6.59. The Bertz CT molecular complexity index is 1420. The number of hydrogen-bond acceptors (Lipinski definition) is 4. The van der Waals surface area contributed by atoms with Crippen molar-refractivity contribution in [3.63, 3.8) is 0 Å². The van der Waals surface area contributed by atoms with Crippen molar-refractivity contribution in [2.45, 2.75) is 33.1 Å². The summed E-state index contributed by atoms with van der Waals surface area (Å²) in [6.07, 6.45) is 0. The van der Waals surface area contributed by atoms with Crippen LogP contribution in [0.15, 0.2) is 66.7 Å². The lowest BCUT2D eigenvalue weighted by atomic mass is 9.87. The van der Waals surface area contributed by atoms with E-state index in [4.69, 9.17) is 9.47 Å². The van der Waals surface area contributed by atoms with E-state index in [0.29, 0.717) is 39.3 Å². The van der Waals surface area contributed by atoms with Crippen LogP contribution in [0, 0.1) is 0 Å². The fourth-order valence-electron chi connectivity index (χ4n) is 4.17. The number of methoxy groups -OCH3 is 1. The van der Waals surface area contributed by atoms with Gasteiger partial charge in [-0.3, -0.25) is 4.55 Å². The van der Waals surface area contributed by atoms with Gasteiger partial charge in [-0.1, -0.05) is 45.0 Å². The Kier molecular flexibility index (Phi) is 7.19. The highest BCUT2D eigenvalue weighted by Gasteiger charge is 2.23. The highest BCUT2D eigenvalue weighted by atomic mass is 32.2. The van der Waals surface area contributed by atoms with Crippen LogP contribution < -0.4 is 9.04 Å². The van der Waals surface area contributed by atoms with Crippen molar-refractivity contribution in [1.82, 2.24) is 4.98 Å². The zero-order valence-electron chi connectivity index (χ0n) is 21.0. The number of ether oxygens (including phenoxy) is 2. The van der Waals surface area contributed by atoms with Gasteiger partial charge in [-0.15, -0.1) is 0 Å². The van der Waals surface area contributed by atoms with E-state index in [0.717, 1.165) is 11.1 Å². The third kappa shape index (κ3) is 5.01. The van der Waals surface area contributed by atoms with Gasteiger partial charge in [-0.2, -0.15) is 0 Å². The smallest absolute Gasteiger partial charge is 0.355 e. The maximum absolute atomic E-state index is 12.8. The van der Waals surface area contributed by atoms with E-state index >= 15 is 0 Å². The number of anilines is 2. The molecule has 1 heterocycles. The van der Waals surface area contributed by atoms with Crippen molar-refractivity contribution in [1.29, 1.82) is 0 Å². The fourth-order valence-corrected chi connectivity index (χ4v) is 4.76. The number of H-pyrrole nitrogens is 1. The first-order chi connectivity index (χ1) is 17.1. The number of esters is 1. The molecular weight excluding hydrogens is 476 g/mol. The molecule has 4 rings (SSSR count). The van der Waals surface area contributed by atoms with Gasteiger partial charge in [0.2, 0.25) is 0 Å². The Morgan fingerprint density at radius 2 is 1.72 bits per heavy atom. The predicted molar refractivity (Wildman–Crippen MR) is 144 cm³/mol. The van der Waals surface area contributed by atoms with E-state index in [2.05, 4.69) is 25.8 Å². The Morgan fingerprint density at radius 1 is 1.03 bits per heavy atom. The average molecular weight is 507 g/mol. The first-order valence-electron chi connectivity index (χ1n) is 11.6. The number of rotatable bonds is 7. The maximum atomic E-state index is 12.8. The Balaban J connectivity index is 1.89. The molecule has 0 aliphatic rings. The summed E-state index contributed by atoms with van der Waals surface area (Å²) in [7, 11) is 1.58. The summed E-state index contributed by atoms with van der Waals surface area (Å²) in [6, 6.07) is 20.3. The summed E-state index contributed by atoms with van der Waals surface area (Å²) in [5, 5.41) is 0.713. The van der Waals surface area contributed by atoms with Gasteiger partial charge in [0, 0.05) is 16.5 Å². The molecule has 0 amide bonds. The topological polar surface area (TPSA) is 91.9 Å². The minimum Gasteiger partial charge on any atom is -0.497 e. The van der Waals surface area contributed by atoms with Crippen LogP contribution in [0.5, 0.6) is 5.75 Å². The van der Waals surface area contributed by atoms with Crippen LogP contribution in [0.1, 0.15) is 43.7 Å². The minimum atomic E-state index is -2.33. The molecule has 4 aromatic rings. The van der Waals surface area contributed by atoms with E-state index in [1.807, 2.05) is 48.5 Å². The number of aromatic nitrogens is 1. The van der Waals surface area contributed by atoms with Gasteiger partial charge in [-0.05, 0) is 65.9 Å². The number of fused-ring (bicyclic) bond motifs is 1. The number of carbonyl (C=O) groups is 1. The molecule has 0 fully saturated rings. The molecule has 0 bridgehead atoms. The van der Waals surface area contributed by atoms with Crippen LogP contribution in [-0.2, 0) is 21.4 Å². The minimum absolute atomic E-state index is 0.0408. The standard InChI is InChI=1S/C28H30N2O5S/c1-6-35-27(31)26-25(18-8-7-9-22(16-18)34-5)23-17-21(14-15-24(23)29-26)30(36(32)33)20-12-10-19(11-13-20)28(2,3)4/h7-17,29H,6H2,1-5H3,(H,32,33). The average Bonchev–Trinajstić information content (AvgIpc) is 3.23. The van der Waals surface area contributed by atoms with Crippen molar-refractivity contribution in [3.8, 4) is 16.9 Å². The van der Waals surface area contributed by atoms with Gasteiger partial charge in [0.05, 0.1) is 25.1 Å². The van der Waals surface area contributed by atoms with Gasteiger partial charge in [0.25, 0.3) is 11.3 Å². The van der Waals surface area contributed by atoms with Crippen LogP contribution in [0.2, 0.25) is 0 Å². The summed E-state index contributed by atoms with van der Waals surface area (Å²) < 4.78 is 34.8. The first kappa shape index (κ1) is 25.5. The van der Waals surface area contributed by atoms with E-state index in [1.165, 1.54) is 4.31 Å². The second-order valence-electron chi connectivity index (χ2n) is 9.38. The number of carbonyl (C=O) groups excluding carboxylic acids is 1. The number of hydrogen-bond donors (Lipinski definition) is 2. The third-order valence-corrected chi connectivity index (χ3v) is 6.71. The molecule has 8 heteroatoms. The largest absolute Gasteiger partial charge is 0.497 e. The van der Waals surface area contributed by atoms with Crippen LogP contribution in [0.4, 0.5) is 11.4 Å². The molecule has 36 heavy (non-hydrogen) atoms. The number of nitrogens with zero attached hydrogens (tertiary/aromatic N) is 1. The van der Waals surface area contributed by atoms with E-state index in [-0.39, 0.29) is 12.0 Å². The molecule has 188 valence electrons. The summed E-state index contributed by atoms with van der Waals surface area (Å²) in [4.78, 5) is 16.0. The van der Waals surface area contributed by atoms with E-state index in [9.17, 15) is 13.6 Å². The van der Waals surface area contributed by atoms with Crippen molar-refractivity contribution >= 4 is 39.5 Å². The molecule has 0 saturated heterocycles. The third-order valence-electron chi connectivity index (χ3n) is 5.98. The molecule has 1 unspecified atom stereocenters. The molecule has 3 aromatic carbocycles. The monoisotopic (exact) mass is 506 g/mol. The van der Waals surface area contributed by atoms with Crippen molar-refractivity contribution < 1.29 is 23.0 Å². The van der Waals surface area contributed by atoms with Crippen LogP contribution >= 0.6 is 0 Å². The highest BCUT2D eigenvalue weighted by molar-refractivity contribution is 7.81. The Morgan fingerprint density at radius 3 is 2.33 bits per heavy atom. The molecule has 1 aromatic heterocycles. The Labute approximate surface area is 213 Å². The van der Waals surface area contributed by atoms with Crippen LogP contribution in [-0.4, -0.2) is 33.4 Å². The summed E-state index contributed by atoms with van der Waals surface area (Å²) >= 11 is -2.33. The van der Waals surface area contributed by atoms with Gasteiger partial charge >= 0.3 is 5.97 Å². The summed E-state index contributed by atoms with van der Waals surface area (Å²) in [5.74, 6) is 0.165. The normalized spacial score (nSPS) is 12.4. The van der Waals surface area contributed by atoms with E-state index < -0.39 is 17.2 Å². The SMILES string of the molecule is CCOC(=O)c1[nH]c2ccc(N(c3ccc(C(C)(C)C)cc3)S(=O)O)cc2c1-c1cccc(OC)c1. The van der Waals surface area contributed by atoms with Gasteiger partial charge in [0.1, 0.15) is 11.4 Å². The fraction of sp³-hybridized carbons (Fsp3) is 0.250. The maximum Gasteiger partial charge on any atom is 0.355 e. The molecule has 2 N–H and O–H groups in total. The highest BCUT2D eigenvalue weighted by Crippen LogP contribution is 2.38. The van der Waals surface area contributed by atoms with Crippen molar-refractivity contribution in [3.05, 3.63) is 78.0 Å². The molecule has 0 aliphatic heterocycles. The second kappa shape index (κ2) is 10.2. The number of benzene rings is 3. The summed E-state index contributed by atoms with van der Waals surface area (Å²) in [5.41, 5.74) is 4.56. The van der Waals surface area contributed by atoms with Gasteiger partial charge < -0.3 is 14.5 Å². The van der Waals surface area contributed by atoms with Gasteiger partial charge in [0.15, 0.2) is 0 Å². The molecule has 1 atom stereocenters. The molecule has 0 spiro atoms. The molecule has 0 aliphatic carbocycles. The Hall–Kier alpha value is -3.62. The lowest BCUT2D eigenvalue weighted by Gasteiger charge is -2.23. The molecule has 0 radical (unpaired) electrons. The number of nitrogens with one attached hydrogen (secondary N) is 1. The molecular formula is C28H30N2O5S. The quantitative estimate of drug-likeness (QED) is 0.218. The molecule has 0 saturated carbocycles. The summed E-state index contributed by atoms with van der Waals surface area (Å²) in [6.45, 7) is 8.34. The van der Waals surface area contributed by atoms with Crippen LogP contribution in [0.25, 0.3) is 22.0 Å². The molecule has 7 nitrogen and oxygen atoms in total. The number of aromatic amines is 1. The van der Waals surface area contributed by atoms with Gasteiger partial charge in [-0.25, -0.2) is 13.3 Å². The van der Waals surface area contributed by atoms with Crippen LogP contribution in [0.3, 0.4) is 0 Å². The zero-order chi connectivity index (χ0) is 26.0. The zero-order valence-corrected chi connectivity index (χ0v) is 21.8. The van der Waals surface area contributed by atoms with Crippen molar-refractivity contribution in [2.24, 2.45) is 0 Å².